The van der Waals surface area contributed by atoms with Crippen molar-refractivity contribution in [1.29, 1.82) is 0 Å². The molecule has 0 saturated carbocycles. The molecular formula is C19H29N3O2S. The molecular weight excluding hydrogens is 334 g/mol. The van der Waals surface area contributed by atoms with Crippen LogP contribution in [0.4, 0.5) is 5.69 Å². The van der Waals surface area contributed by atoms with Gasteiger partial charge in [-0.1, -0.05) is 38.1 Å². The standard InChI is InChI=1S/C19H29N3O2S/c1-5-22(6-2)15-9-14-20-25(23,24)19-13-8-10-16-17(19)11-7-12-18(16)21(3)4/h7-8,10-13,20H,5-6,9,14-15H2,1-4H3. The molecule has 0 bridgehead atoms. The second kappa shape index (κ2) is 8.65. The molecule has 0 saturated heterocycles. The Hall–Kier alpha value is -1.63. The second-order valence-corrected chi connectivity index (χ2v) is 8.04. The van der Waals surface area contributed by atoms with Gasteiger partial charge in [0.2, 0.25) is 10.0 Å². The molecule has 2 rings (SSSR count). The minimum atomic E-state index is -3.53. The highest BCUT2D eigenvalue weighted by atomic mass is 32.2. The Labute approximate surface area is 151 Å². The fourth-order valence-electron chi connectivity index (χ4n) is 3.02. The van der Waals surface area contributed by atoms with E-state index in [1.54, 1.807) is 12.1 Å². The van der Waals surface area contributed by atoms with E-state index in [1.165, 1.54) is 0 Å². The summed E-state index contributed by atoms with van der Waals surface area (Å²) in [7, 11) is 0.392. The van der Waals surface area contributed by atoms with Crippen molar-refractivity contribution in [3.8, 4) is 0 Å². The summed E-state index contributed by atoms with van der Waals surface area (Å²) in [5.74, 6) is 0. The van der Waals surface area contributed by atoms with Gasteiger partial charge in [-0.15, -0.1) is 0 Å². The summed E-state index contributed by atoms with van der Waals surface area (Å²) >= 11 is 0. The van der Waals surface area contributed by atoms with Crippen molar-refractivity contribution in [3.63, 3.8) is 0 Å². The smallest absolute Gasteiger partial charge is 0.241 e. The zero-order chi connectivity index (χ0) is 18.4. The molecule has 138 valence electrons. The molecule has 0 fully saturated rings. The highest BCUT2D eigenvalue weighted by molar-refractivity contribution is 7.89. The van der Waals surface area contributed by atoms with Crippen molar-refractivity contribution in [3.05, 3.63) is 36.4 Å². The highest BCUT2D eigenvalue weighted by Gasteiger charge is 2.18. The van der Waals surface area contributed by atoms with Crippen LogP contribution in [-0.2, 0) is 10.0 Å². The van der Waals surface area contributed by atoms with E-state index in [1.807, 2.05) is 43.3 Å². The Morgan fingerprint density at radius 1 is 0.960 bits per heavy atom. The second-order valence-electron chi connectivity index (χ2n) is 6.30. The molecule has 2 aromatic carbocycles. The fourth-order valence-corrected chi connectivity index (χ4v) is 4.31. The van der Waals surface area contributed by atoms with Crippen LogP contribution < -0.4 is 9.62 Å². The van der Waals surface area contributed by atoms with E-state index in [9.17, 15) is 8.42 Å². The number of hydrogen-bond donors (Lipinski definition) is 1. The van der Waals surface area contributed by atoms with Gasteiger partial charge in [0.1, 0.15) is 0 Å². The molecule has 0 aromatic heterocycles. The summed E-state index contributed by atoms with van der Waals surface area (Å²) in [6.07, 6.45) is 0.800. The Kier molecular flexibility index (Phi) is 6.81. The van der Waals surface area contributed by atoms with Crippen LogP contribution in [0, 0.1) is 0 Å². The first-order valence-electron chi connectivity index (χ1n) is 8.81. The molecule has 0 heterocycles. The molecule has 0 aliphatic carbocycles. The lowest BCUT2D eigenvalue weighted by Crippen LogP contribution is -2.30. The number of rotatable bonds is 9. The summed E-state index contributed by atoms with van der Waals surface area (Å²) in [6, 6.07) is 11.2. The van der Waals surface area contributed by atoms with Crippen molar-refractivity contribution in [2.75, 3.05) is 45.2 Å². The van der Waals surface area contributed by atoms with E-state index in [0.29, 0.717) is 11.4 Å². The van der Waals surface area contributed by atoms with Gasteiger partial charge in [0.15, 0.2) is 0 Å². The van der Waals surface area contributed by atoms with E-state index < -0.39 is 10.0 Å². The Morgan fingerprint density at radius 3 is 2.24 bits per heavy atom. The van der Waals surface area contributed by atoms with Crippen molar-refractivity contribution < 1.29 is 8.42 Å². The van der Waals surface area contributed by atoms with Crippen LogP contribution in [0.2, 0.25) is 0 Å². The molecule has 0 amide bonds. The van der Waals surface area contributed by atoms with E-state index in [2.05, 4.69) is 23.5 Å². The molecule has 0 atom stereocenters. The van der Waals surface area contributed by atoms with Gasteiger partial charge in [0, 0.05) is 37.1 Å². The van der Waals surface area contributed by atoms with Gasteiger partial charge in [-0.25, -0.2) is 13.1 Å². The van der Waals surface area contributed by atoms with Gasteiger partial charge >= 0.3 is 0 Å². The molecule has 0 spiro atoms. The lowest BCUT2D eigenvalue weighted by atomic mass is 10.1. The topological polar surface area (TPSA) is 52.7 Å². The summed E-state index contributed by atoms with van der Waals surface area (Å²) < 4.78 is 28.3. The molecule has 0 unspecified atom stereocenters. The van der Waals surface area contributed by atoms with E-state index in [0.717, 1.165) is 42.5 Å². The van der Waals surface area contributed by atoms with Crippen LogP contribution in [-0.4, -0.2) is 53.6 Å². The van der Waals surface area contributed by atoms with Gasteiger partial charge < -0.3 is 9.80 Å². The molecule has 1 N–H and O–H groups in total. The number of hydrogen-bond acceptors (Lipinski definition) is 4. The largest absolute Gasteiger partial charge is 0.377 e. The maximum absolute atomic E-state index is 12.8. The lowest BCUT2D eigenvalue weighted by molar-refractivity contribution is 0.300. The molecule has 25 heavy (non-hydrogen) atoms. The molecule has 0 aliphatic rings. The Bertz CT molecular complexity index is 799. The lowest BCUT2D eigenvalue weighted by Gasteiger charge is -2.18. The molecule has 0 radical (unpaired) electrons. The van der Waals surface area contributed by atoms with Crippen LogP contribution in [0.3, 0.4) is 0 Å². The predicted molar refractivity (Wildman–Crippen MR) is 106 cm³/mol. The number of sulfonamides is 1. The number of benzene rings is 2. The van der Waals surface area contributed by atoms with Crippen molar-refractivity contribution in [2.45, 2.75) is 25.2 Å². The Morgan fingerprint density at radius 2 is 1.60 bits per heavy atom. The number of anilines is 1. The summed E-state index contributed by atoms with van der Waals surface area (Å²) in [5, 5.41) is 1.70. The van der Waals surface area contributed by atoms with Crippen molar-refractivity contribution in [2.24, 2.45) is 0 Å². The van der Waals surface area contributed by atoms with Gasteiger partial charge in [-0.2, -0.15) is 0 Å². The zero-order valence-corrected chi connectivity index (χ0v) is 16.4. The minimum Gasteiger partial charge on any atom is -0.377 e. The van der Waals surface area contributed by atoms with Crippen LogP contribution in [0.15, 0.2) is 41.3 Å². The average molecular weight is 364 g/mol. The van der Waals surface area contributed by atoms with Gasteiger partial charge in [-0.05, 0) is 38.2 Å². The average Bonchev–Trinajstić information content (AvgIpc) is 2.60. The van der Waals surface area contributed by atoms with Gasteiger partial charge in [-0.3, -0.25) is 0 Å². The molecule has 5 nitrogen and oxygen atoms in total. The van der Waals surface area contributed by atoms with Crippen LogP contribution in [0.25, 0.3) is 10.8 Å². The Balaban J connectivity index is 2.21. The number of nitrogens with zero attached hydrogens (tertiary/aromatic N) is 2. The summed E-state index contributed by atoms with van der Waals surface area (Å²) in [4.78, 5) is 4.63. The van der Waals surface area contributed by atoms with Crippen LogP contribution >= 0.6 is 0 Å². The third-order valence-corrected chi connectivity index (χ3v) is 5.99. The van der Waals surface area contributed by atoms with E-state index in [4.69, 9.17) is 0 Å². The predicted octanol–water partition coefficient (Wildman–Crippen LogP) is 2.92. The van der Waals surface area contributed by atoms with Crippen molar-refractivity contribution in [1.82, 2.24) is 9.62 Å². The molecule has 0 aliphatic heterocycles. The first kappa shape index (κ1) is 19.7. The molecule has 2 aromatic rings. The number of fused-ring (bicyclic) bond motifs is 1. The van der Waals surface area contributed by atoms with Crippen molar-refractivity contribution >= 4 is 26.5 Å². The van der Waals surface area contributed by atoms with E-state index >= 15 is 0 Å². The molecule has 6 heteroatoms. The highest BCUT2D eigenvalue weighted by Crippen LogP contribution is 2.29. The zero-order valence-electron chi connectivity index (χ0n) is 15.6. The van der Waals surface area contributed by atoms with Crippen LogP contribution in [0.5, 0.6) is 0 Å². The van der Waals surface area contributed by atoms with Gasteiger partial charge in [0.25, 0.3) is 0 Å². The fraction of sp³-hybridized carbons (Fsp3) is 0.474. The third-order valence-electron chi connectivity index (χ3n) is 4.47. The summed E-state index contributed by atoms with van der Waals surface area (Å²) in [6.45, 7) is 7.55. The number of nitrogens with one attached hydrogen (secondary N) is 1. The maximum Gasteiger partial charge on any atom is 0.241 e. The third kappa shape index (κ3) is 4.71. The monoisotopic (exact) mass is 363 g/mol. The first-order chi connectivity index (χ1) is 11.9. The minimum absolute atomic E-state index is 0.344. The SMILES string of the molecule is CCN(CC)CCCNS(=O)(=O)c1cccc2c(N(C)C)cccc12. The first-order valence-corrected chi connectivity index (χ1v) is 10.3. The maximum atomic E-state index is 12.8. The van der Waals surface area contributed by atoms with Crippen LogP contribution in [0.1, 0.15) is 20.3 Å². The van der Waals surface area contributed by atoms with E-state index in [-0.39, 0.29) is 0 Å². The summed E-state index contributed by atoms with van der Waals surface area (Å²) in [5.41, 5.74) is 1.01. The quantitative estimate of drug-likeness (QED) is 0.696. The normalized spacial score (nSPS) is 12.0. The van der Waals surface area contributed by atoms with Gasteiger partial charge in [0.05, 0.1) is 4.90 Å².